The summed E-state index contributed by atoms with van der Waals surface area (Å²) in [5.74, 6) is -4.57. The minimum absolute atomic E-state index is 0.0391. The molecule has 0 saturated heterocycles. The average Bonchev–Trinajstić information content (AvgIpc) is 2.84. The number of alkyl halides is 3. The van der Waals surface area contributed by atoms with E-state index in [-0.39, 0.29) is 30.4 Å². The van der Waals surface area contributed by atoms with Crippen molar-refractivity contribution in [3.05, 3.63) is 29.6 Å². The van der Waals surface area contributed by atoms with E-state index >= 15 is 0 Å². The number of carboxylic acid groups (broad SMARTS) is 1. The molecule has 0 aromatic heterocycles. The number of hydrogen-bond acceptors (Lipinski definition) is 6. The lowest BCUT2D eigenvalue weighted by molar-refractivity contribution is -0.192. The number of hydrogen-bond donors (Lipinski definition) is 4. The third kappa shape index (κ3) is 10.2. The van der Waals surface area contributed by atoms with Gasteiger partial charge in [-0.2, -0.15) is 13.2 Å². The summed E-state index contributed by atoms with van der Waals surface area (Å²) >= 11 is 0. The molecule has 0 spiro atoms. The highest BCUT2D eigenvalue weighted by Crippen LogP contribution is 2.26. The first kappa shape index (κ1) is 30.8. The van der Waals surface area contributed by atoms with Crippen molar-refractivity contribution in [2.45, 2.75) is 70.1 Å². The van der Waals surface area contributed by atoms with Gasteiger partial charge in [-0.1, -0.05) is 32.3 Å². The molecule has 0 heterocycles. The lowest BCUT2D eigenvalue weighted by Crippen LogP contribution is -2.43. The summed E-state index contributed by atoms with van der Waals surface area (Å²) in [5, 5.41) is 12.2. The zero-order chi connectivity index (χ0) is 27.5. The van der Waals surface area contributed by atoms with E-state index in [1.165, 1.54) is 19.2 Å². The van der Waals surface area contributed by atoms with Gasteiger partial charge < -0.3 is 26.2 Å². The molecule has 1 aliphatic carbocycles. The van der Waals surface area contributed by atoms with Gasteiger partial charge >= 0.3 is 18.1 Å². The molecule has 2 amide bonds. The highest BCUT2D eigenvalue weighted by molar-refractivity contribution is 5.95. The number of carbonyl (C=O) groups is 4. The van der Waals surface area contributed by atoms with Crippen molar-refractivity contribution in [1.82, 2.24) is 5.32 Å². The first-order valence-electron chi connectivity index (χ1n) is 11.3. The van der Waals surface area contributed by atoms with Crippen molar-refractivity contribution in [2.24, 2.45) is 11.7 Å². The van der Waals surface area contributed by atoms with Crippen LogP contribution < -0.4 is 16.4 Å². The van der Waals surface area contributed by atoms with Crippen LogP contribution in [0.3, 0.4) is 0 Å². The molecule has 2 unspecified atom stereocenters. The summed E-state index contributed by atoms with van der Waals surface area (Å²) in [6.07, 6.45) is 0.309. The Balaban J connectivity index is 0.000000809. The quantitative estimate of drug-likeness (QED) is 0.304. The number of amides is 2. The van der Waals surface area contributed by atoms with Gasteiger partial charge in [-0.25, -0.2) is 14.0 Å². The summed E-state index contributed by atoms with van der Waals surface area (Å²) in [6, 6.07) is 2.69. The maximum absolute atomic E-state index is 14.5. The van der Waals surface area contributed by atoms with Crippen LogP contribution in [0.1, 0.15) is 51.0 Å². The fourth-order valence-electron chi connectivity index (χ4n) is 3.58. The molecule has 1 aromatic rings. The van der Waals surface area contributed by atoms with Gasteiger partial charge in [-0.15, -0.1) is 0 Å². The molecule has 202 valence electrons. The van der Waals surface area contributed by atoms with Gasteiger partial charge in [0.05, 0.1) is 18.8 Å². The Morgan fingerprint density at radius 3 is 2.22 bits per heavy atom. The van der Waals surface area contributed by atoms with E-state index in [2.05, 4.69) is 10.6 Å². The van der Waals surface area contributed by atoms with Crippen LogP contribution in [0.4, 0.5) is 23.2 Å². The van der Waals surface area contributed by atoms with Crippen molar-refractivity contribution in [3.63, 3.8) is 0 Å². The van der Waals surface area contributed by atoms with Crippen molar-refractivity contribution < 1.29 is 46.6 Å². The number of aliphatic carboxylic acids is 1. The van der Waals surface area contributed by atoms with Crippen molar-refractivity contribution in [3.8, 4) is 0 Å². The fraction of sp³-hybridized carbons (Fsp3) is 0.565. The highest BCUT2D eigenvalue weighted by Gasteiger charge is 2.38. The van der Waals surface area contributed by atoms with Crippen LogP contribution in [0.25, 0.3) is 0 Å². The molecular formula is C23H31F4N3O6. The van der Waals surface area contributed by atoms with Crippen LogP contribution in [-0.4, -0.2) is 54.2 Å². The van der Waals surface area contributed by atoms with E-state index in [0.717, 1.165) is 32.1 Å². The number of carboxylic acids is 1. The minimum Gasteiger partial charge on any atom is -0.475 e. The second kappa shape index (κ2) is 14.4. The Morgan fingerprint density at radius 2 is 1.75 bits per heavy atom. The second-order valence-corrected chi connectivity index (χ2v) is 8.23. The predicted molar refractivity (Wildman–Crippen MR) is 121 cm³/mol. The number of benzene rings is 1. The van der Waals surface area contributed by atoms with Crippen LogP contribution >= 0.6 is 0 Å². The molecule has 2 rings (SSSR count). The Morgan fingerprint density at radius 1 is 1.17 bits per heavy atom. The zero-order valence-corrected chi connectivity index (χ0v) is 20.0. The van der Waals surface area contributed by atoms with E-state index in [4.69, 9.17) is 20.4 Å². The smallest absolute Gasteiger partial charge is 0.475 e. The standard InChI is InChI=1S/C21H30FN3O4.C2HF3O2/c1-3-18(26)24-17(21(28)29-2)12-13-9-10-16(15(22)11-13)25-20(27)19(23)14-7-5-4-6-8-14;3-2(4,5)1(6)7/h9-11,14,17,19H,3-8,12,23H2,1-2H3,(H,24,26)(H,25,27);(H,6,7). The largest absolute Gasteiger partial charge is 0.490 e. The predicted octanol–water partition coefficient (Wildman–Crippen LogP) is 2.92. The lowest BCUT2D eigenvalue weighted by atomic mass is 9.84. The van der Waals surface area contributed by atoms with Gasteiger partial charge in [0.1, 0.15) is 11.9 Å². The molecule has 1 aromatic carbocycles. The van der Waals surface area contributed by atoms with Crippen LogP contribution in [0.15, 0.2) is 18.2 Å². The number of nitrogens with one attached hydrogen (secondary N) is 2. The summed E-state index contributed by atoms with van der Waals surface area (Å²) in [5.41, 5.74) is 6.60. The van der Waals surface area contributed by atoms with Gasteiger partial charge in [-0.05, 0) is 36.5 Å². The second-order valence-electron chi connectivity index (χ2n) is 8.23. The monoisotopic (exact) mass is 521 g/mol. The summed E-state index contributed by atoms with van der Waals surface area (Å²) < 4.78 is 51.0. The van der Waals surface area contributed by atoms with E-state index in [0.29, 0.717) is 5.56 Å². The SMILES string of the molecule is CCC(=O)NC(Cc1ccc(NC(=O)C(N)C2CCCCC2)c(F)c1)C(=O)OC.O=C(O)C(F)(F)F. The van der Waals surface area contributed by atoms with E-state index < -0.39 is 41.9 Å². The third-order valence-corrected chi connectivity index (χ3v) is 5.58. The molecule has 1 saturated carbocycles. The molecule has 5 N–H and O–H groups in total. The topological polar surface area (TPSA) is 148 Å². The number of ether oxygens (including phenoxy) is 1. The number of rotatable bonds is 8. The van der Waals surface area contributed by atoms with Crippen molar-refractivity contribution in [2.75, 3.05) is 12.4 Å². The van der Waals surface area contributed by atoms with E-state index in [1.807, 2.05) is 0 Å². The van der Waals surface area contributed by atoms with Gasteiger partial charge in [0, 0.05) is 12.8 Å². The summed E-state index contributed by atoms with van der Waals surface area (Å²) in [4.78, 5) is 44.8. The molecular weight excluding hydrogens is 490 g/mol. The third-order valence-electron chi connectivity index (χ3n) is 5.58. The minimum atomic E-state index is -5.08. The van der Waals surface area contributed by atoms with Gasteiger partial charge in [0.15, 0.2) is 0 Å². The first-order chi connectivity index (χ1) is 16.8. The Kier molecular flexibility index (Phi) is 12.3. The van der Waals surface area contributed by atoms with Crippen LogP contribution in [0, 0.1) is 11.7 Å². The molecule has 13 heteroatoms. The van der Waals surface area contributed by atoms with Crippen LogP contribution in [0.2, 0.25) is 0 Å². The highest BCUT2D eigenvalue weighted by atomic mass is 19.4. The molecule has 0 bridgehead atoms. The molecule has 9 nitrogen and oxygen atoms in total. The van der Waals surface area contributed by atoms with Gasteiger partial charge in [-0.3, -0.25) is 9.59 Å². The fourth-order valence-corrected chi connectivity index (χ4v) is 3.58. The first-order valence-corrected chi connectivity index (χ1v) is 11.3. The van der Waals surface area contributed by atoms with Crippen LogP contribution in [0.5, 0.6) is 0 Å². The number of carbonyl (C=O) groups excluding carboxylic acids is 3. The van der Waals surface area contributed by atoms with Gasteiger partial charge in [0.25, 0.3) is 0 Å². The molecule has 1 fully saturated rings. The number of nitrogens with two attached hydrogens (primary N) is 1. The Hall–Kier alpha value is -3.22. The van der Waals surface area contributed by atoms with Crippen LogP contribution in [-0.2, 0) is 30.3 Å². The number of anilines is 1. The molecule has 0 aliphatic heterocycles. The Bertz CT molecular complexity index is 920. The number of esters is 1. The summed E-state index contributed by atoms with van der Waals surface area (Å²) in [6.45, 7) is 1.67. The molecule has 2 atom stereocenters. The summed E-state index contributed by atoms with van der Waals surface area (Å²) in [7, 11) is 1.22. The molecule has 1 aliphatic rings. The maximum atomic E-state index is 14.5. The normalized spacial score (nSPS) is 15.5. The maximum Gasteiger partial charge on any atom is 0.490 e. The van der Waals surface area contributed by atoms with Crippen molar-refractivity contribution in [1.29, 1.82) is 0 Å². The average molecular weight is 522 g/mol. The van der Waals surface area contributed by atoms with Crippen molar-refractivity contribution >= 4 is 29.4 Å². The Labute approximate surface area is 205 Å². The molecule has 0 radical (unpaired) electrons. The zero-order valence-electron chi connectivity index (χ0n) is 20.0. The van der Waals surface area contributed by atoms with Gasteiger partial charge in [0.2, 0.25) is 11.8 Å². The number of methoxy groups -OCH3 is 1. The molecule has 36 heavy (non-hydrogen) atoms. The van der Waals surface area contributed by atoms with E-state index in [9.17, 15) is 31.9 Å². The number of halogens is 4. The van der Waals surface area contributed by atoms with E-state index in [1.54, 1.807) is 13.0 Å². The lowest BCUT2D eigenvalue weighted by Gasteiger charge is -2.26.